The standard InChI is InChI=1S/C15H22N4O2/c1-21-13-10-11(14(16)17)6-7-12(13)18-15(20)19-8-4-2-3-5-9-19/h6-7,10H,2-5,8-9H2,1H3,(H3,16,17)(H,18,20). The van der Waals surface area contributed by atoms with Gasteiger partial charge in [0.25, 0.3) is 0 Å². The summed E-state index contributed by atoms with van der Waals surface area (Å²) >= 11 is 0. The molecule has 1 aromatic rings. The second kappa shape index (κ2) is 6.97. The number of hydrogen-bond acceptors (Lipinski definition) is 3. The Hall–Kier alpha value is -2.24. The van der Waals surface area contributed by atoms with E-state index in [1.54, 1.807) is 18.2 Å². The van der Waals surface area contributed by atoms with Crippen molar-refractivity contribution >= 4 is 17.6 Å². The number of nitrogen functional groups attached to an aromatic ring is 1. The molecule has 114 valence electrons. The zero-order valence-corrected chi connectivity index (χ0v) is 12.3. The van der Waals surface area contributed by atoms with Gasteiger partial charge in [-0.15, -0.1) is 0 Å². The van der Waals surface area contributed by atoms with Gasteiger partial charge in [-0.1, -0.05) is 12.8 Å². The van der Waals surface area contributed by atoms with Gasteiger partial charge in [-0.3, -0.25) is 5.41 Å². The third-order valence-corrected chi connectivity index (χ3v) is 3.65. The van der Waals surface area contributed by atoms with E-state index in [2.05, 4.69) is 5.32 Å². The van der Waals surface area contributed by atoms with E-state index in [0.29, 0.717) is 17.0 Å². The van der Waals surface area contributed by atoms with Gasteiger partial charge in [0, 0.05) is 18.7 Å². The largest absolute Gasteiger partial charge is 0.495 e. The molecule has 2 rings (SSSR count). The summed E-state index contributed by atoms with van der Waals surface area (Å²) in [6, 6.07) is 4.96. The molecule has 0 spiro atoms. The van der Waals surface area contributed by atoms with Crippen LogP contribution in [0.4, 0.5) is 10.5 Å². The van der Waals surface area contributed by atoms with Crippen molar-refractivity contribution in [1.29, 1.82) is 5.41 Å². The van der Waals surface area contributed by atoms with Crippen molar-refractivity contribution < 1.29 is 9.53 Å². The first-order chi connectivity index (χ1) is 10.1. The normalized spacial score (nSPS) is 15.2. The summed E-state index contributed by atoms with van der Waals surface area (Å²) in [5.41, 5.74) is 6.62. The molecule has 4 N–H and O–H groups in total. The topological polar surface area (TPSA) is 91.4 Å². The number of ether oxygens (including phenoxy) is 1. The molecule has 1 saturated heterocycles. The molecule has 0 aromatic heterocycles. The predicted octanol–water partition coefficient (Wildman–Crippen LogP) is 2.39. The quantitative estimate of drug-likeness (QED) is 0.589. The SMILES string of the molecule is COc1cc(C(=N)N)ccc1NC(=O)N1CCCCCC1. The lowest BCUT2D eigenvalue weighted by Gasteiger charge is -2.21. The van der Waals surface area contributed by atoms with Crippen molar-refractivity contribution in [1.82, 2.24) is 4.90 Å². The van der Waals surface area contributed by atoms with Crippen LogP contribution in [0.5, 0.6) is 5.75 Å². The van der Waals surface area contributed by atoms with Gasteiger partial charge in [0.15, 0.2) is 0 Å². The van der Waals surface area contributed by atoms with Crippen LogP contribution in [0.1, 0.15) is 31.2 Å². The third kappa shape index (κ3) is 3.87. The molecule has 1 fully saturated rings. The summed E-state index contributed by atoms with van der Waals surface area (Å²) < 4.78 is 5.26. The molecule has 1 aromatic carbocycles. The molecule has 0 saturated carbocycles. The summed E-state index contributed by atoms with van der Waals surface area (Å²) in [5, 5.41) is 10.3. The number of carbonyl (C=O) groups is 1. The van der Waals surface area contributed by atoms with Crippen LogP contribution in [-0.4, -0.2) is 37.0 Å². The van der Waals surface area contributed by atoms with E-state index < -0.39 is 0 Å². The number of nitrogens with two attached hydrogens (primary N) is 1. The number of anilines is 1. The Labute approximate surface area is 124 Å². The molecule has 1 aliphatic rings. The van der Waals surface area contributed by atoms with Crippen LogP contribution in [0.3, 0.4) is 0 Å². The number of hydrogen-bond donors (Lipinski definition) is 3. The molecule has 0 unspecified atom stereocenters. The first-order valence-corrected chi connectivity index (χ1v) is 7.20. The molecule has 6 nitrogen and oxygen atoms in total. The smallest absolute Gasteiger partial charge is 0.321 e. The maximum atomic E-state index is 12.3. The Balaban J connectivity index is 2.10. The highest BCUT2D eigenvalue weighted by Gasteiger charge is 2.17. The fraction of sp³-hybridized carbons (Fsp3) is 0.467. The van der Waals surface area contributed by atoms with Gasteiger partial charge in [0.05, 0.1) is 12.8 Å². The van der Waals surface area contributed by atoms with Crippen molar-refractivity contribution in [2.24, 2.45) is 5.73 Å². The minimum Gasteiger partial charge on any atom is -0.495 e. The zero-order valence-electron chi connectivity index (χ0n) is 12.3. The average molecular weight is 290 g/mol. The van der Waals surface area contributed by atoms with E-state index in [1.807, 2.05) is 4.90 Å². The molecule has 1 heterocycles. The van der Waals surface area contributed by atoms with Crippen LogP contribution < -0.4 is 15.8 Å². The van der Waals surface area contributed by atoms with E-state index >= 15 is 0 Å². The number of benzene rings is 1. The molecule has 21 heavy (non-hydrogen) atoms. The summed E-state index contributed by atoms with van der Waals surface area (Å²) in [6.07, 6.45) is 4.46. The lowest BCUT2D eigenvalue weighted by atomic mass is 10.1. The predicted molar refractivity (Wildman–Crippen MR) is 83.1 cm³/mol. The molecular weight excluding hydrogens is 268 g/mol. The summed E-state index contributed by atoms with van der Waals surface area (Å²) in [4.78, 5) is 14.1. The van der Waals surface area contributed by atoms with Crippen molar-refractivity contribution in [2.45, 2.75) is 25.7 Å². The molecule has 1 aliphatic heterocycles. The first-order valence-electron chi connectivity index (χ1n) is 7.20. The van der Waals surface area contributed by atoms with E-state index in [9.17, 15) is 4.79 Å². The van der Waals surface area contributed by atoms with Crippen molar-refractivity contribution in [2.75, 3.05) is 25.5 Å². The Morgan fingerprint density at radius 2 is 1.95 bits per heavy atom. The summed E-state index contributed by atoms with van der Waals surface area (Å²) in [6.45, 7) is 1.58. The third-order valence-electron chi connectivity index (χ3n) is 3.65. The van der Waals surface area contributed by atoms with E-state index in [0.717, 1.165) is 25.9 Å². The first kappa shape index (κ1) is 15.2. The van der Waals surface area contributed by atoms with Crippen LogP contribution in [0, 0.1) is 5.41 Å². The molecule has 0 radical (unpaired) electrons. The monoisotopic (exact) mass is 290 g/mol. The number of amides is 2. The number of carbonyl (C=O) groups excluding carboxylic acids is 1. The van der Waals surface area contributed by atoms with Gasteiger partial charge in [0.1, 0.15) is 11.6 Å². The zero-order chi connectivity index (χ0) is 15.2. The molecule has 0 aliphatic carbocycles. The van der Waals surface area contributed by atoms with Crippen LogP contribution in [-0.2, 0) is 0 Å². The molecule has 2 amide bonds. The maximum Gasteiger partial charge on any atom is 0.321 e. The Morgan fingerprint density at radius 3 is 2.52 bits per heavy atom. The van der Waals surface area contributed by atoms with E-state index in [-0.39, 0.29) is 11.9 Å². The van der Waals surface area contributed by atoms with Crippen LogP contribution in [0.2, 0.25) is 0 Å². The number of urea groups is 1. The Morgan fingerprint density at radius 1 is 1.29 bits per heavy atom. The van der Waals surface area contributed by atoms with Crippen molar-refractivity contribution in [3.05, 3.63) is 23.8 Å². The van der Waals surface area contributed by atoms with Gasteiger partial charge < -0.3 is 20.7 Å². The number of nitrogens with one attached hydrogen (secondary N) is 2. The van der Waals surface area contributed by atoms with Gasteiger partial charge in [-0.2, -0.15) is 0 Å². The highest BCUT2D eigenvalue weighted by atomic mass is 16.5. The number of amidine groups is 1. The van der Waals surface area contributed by atoms with E-state index in [1.165, 1.54) is 20.0 Å². The maximum absolute atomic E-state index is 12.3. The molecular formula is C15H22N4O2. The van der Waals surface area contributed by atoms with E-state index in [4.69, 9.17) is 15.9 Å². The summed E-state index contributed by atoms with van der Waals surface area (Å²) in [5.74, 6) is 0.476. The minimum atomic E-state index is -0.106. The molecule has 0 bridgehead atoms. The lowest BCUT2D eigenvalue weighted by molar-refractivity contribution is 0.213. The second-order valence-corrected chi connectivity index (χ2v) is 5.16. The van der Waals surface area contributed by atoms with Crippen LogP contribution in [0.15, 0.2) is 18.2 Å². The molecule has 6 heteroatoms. The fourth-order valence-electron chi connectivity index (χ4n) is 2.43. The highest BCUT2D eigenvalue weighted by molar-refractivity contribution is 5.97. The second-order valence-electron chi connectivity index (χ2n) is 5.16. The highest BCUT2D eigenvalue weighted by Crippen LogP contribution is 2.26. The fourth-order valence-corrected chi connectivity index (χ4v) is 2.43. The number of likely N-dealkylation sites (tertiary alicyclic amines) is 1. The van der Waals surface area contributed by atoms with Crippen LogP contribution >= 0.6 is 0 Å². The Kier molecular flexibility index (Phi) is 5.03. The lowest BCUT2D eigenvalue weighted by Crippen LogP contribution is -2.35. The van der Waals surface area contributed by atoms with Gasteiger partial charge >= 0.3 is 6.03 Å². The number of methoxy groups -OCH3 is 1. The van der Waals surface area contributed by atoms with Gasteiger partial charge in [0.2, 0.25) is 0 Å². The van der Waals surface area contributed by atoms with Crippen LogP contribution in [0.25, 0.3) is 0 Å². The van der Waals surface area contributed by atoms with Crippen molar-refractivity contribution in [3.8, 4) is 5.75 Å². The van der Waals surface area contributed by atoms with Gasteiger partial charge in [-0.05, 0) is 31.0 Å². The number of rotatable bonds is 3. The average Bonchev–Trinajstić information content (AvgIpc) is 2.76. The minimum absolute atomic E-state index is 0.0290. The summed E-state index contributed by atoms with van der Waals surface area (Å²) in [7, 11) is 1.53. The van der Waals surface area contributed by atoms with Crippen molar-refractivity contribution in [3.63, 3.8) is 0 Å². The Bertz CT molecular complexity index is 522. The number of nitrogens with zero attached hydrogens (tertiary/aromatic N) is 1. The molecule has 0 atom stereocenters. The van der Waals surface area contributed by atoms with Gasteiger partial charge in [-0.25, -0.2) is 4.79 Å².